The SMILES string of the molecule is CC(C)(CO)CNc1cc(N)nc(N)n1. The van der Waals surface area contributed by atoms with Gasteiger partial charge in [0.15, 0.2) is 0 Å². The fourth-order valence-corrected chi connectivity index (χ4v) is 0.962. The highest BCUT2D eigenvalue weighted by atomic mass is 16.3. The van der Waals surface area contributed by atoms with Crippen molar-refractivity contribution in [1.82, 2.24) is 9.97 Å². The zero-order valence-electron chi connectivity index (χ0n) is 8.99. The number of aliphatic hydroxyl groups is 1. The number of hydrogen-bond acceptors (Lipinski definition) is 6. The van der Waals surface area contributed by atoms with Crippen molar-refractivity contribution in [2.75, 3.05) is 29.9 Å². The van der Waals surface area contributed by atoms with Gasteiger partial charge in [-0.1, -0.05) is 13.8 Å². The molecule has 0 unspecified atom stereocenters. The van der Waals surface area contributed by atoms with Gasteiger partial charge in [0.05, 0.1) is 0 Å². The fraction of sp³-hybridized carbons (Fsp3) is 0.556. The first-order valence-electron chi connectivity index (χ1n) is 4.68. The maximum atomic E-state index is 9.06. The van der Waals surface area contributed by atoms with Crippen LogP contribution in [-0.4, -0.2) is 28.2 Å². The van der Waals surface area contributed by atoms with Crippen molar-refractivity contribution in [3.05, 3.63) is 6.07 Å². The molecule has 1 rings (SSSR count). The van der Waals surface area contributed by atoms with Gasteiger partial charge in [0, 0.05) is 24.6 Å². The Kier molecular flexibility index (Phi) is 3.31. The van der Waals surface area contributed by atoms with E-state index in [1.54, 1.807) is 6.07 Å². The molecular formula is C9H17N5O. The van der Waals surface area contributed by atoms with Gasteiger partial charge in [-0.15, -0.1) is 0 Å². The molecule has 0 spiro atoms. The Morgan fingerprint density at radius 2 is 2.07 bits per heavy atom. The minimum atomic E-state index is -0.214. The number of anilines is 3. The summed E-state index contributed by atoms with van der Waals surface area (Å²) >= 11 is 0. The summed E-state index contributed by atoms with van der Waals surface area (Å²) in [4.78, 5) is 7.72. The molecule has 0 aliphatic rings. The molecule has 1 aromatic heterocycles. The highest BCUT2D eigenvalue weighted by Crippen LogP contribution is 2.16. The third kappa shape index (κ3) is 3.59. The number of aromatic nitrogens is 2. The number of hydrogen-bond donors (Lipinski definition) is 4. The van der Waals surface area contributed by atoms with Gasteiger partial charge in [-0.2, -0.15) is 9.97 Å². The smallest absolute Gasteiger partial charge is 0.223 e. The first-order valence-corrected chi connectivity index (χ1v) is 4.68. The molecule has 6 N–H and O–H groups in total. The molecule has 0 aliphatic heterocycles. The van der Waals surface area contributed by atoms with Gasteiger partial charge in [-0.3, -0.25) is 0 Å². The topological polar surface area (TPSA) is 110 Å². The highest BCUT2D eigenvalue weighted by molar-refractivity contribution is 5.48. The third-order valence-corrected chi connectivity index (χ3v) is 1.94. The lowest BCUT2D eigenvalue weighted by Crippen LogP contribution is -2.27. The summed E-state index contributed by atoms with van der Waals surface area (Å²) in [6, 6.07) is 1.60. The van der Waals surface area contributed by atoms with Gasteiger partial charge in [0.1, 0.15) is 11.6 Å². The van der Waals surface area contributed by atoms with E-state index in [-0.39, 0.29) is 18.0 Å². The Hall–Kier alpha value is -1.56. The number of nitrogens with one attached hydrogen (secondary N) is 1. The minimum absolute atomic E-state index is 0.0933. The van der Waals surface area contributed by atoms with E-state index in [9.17, 15) is 0 Å². The molecule has 0 aliphatic carbocycles. The summed E-state index contributed by atoms with van der Waals surface area (Å²) in [5.74, 6) is 1.03. The van der Waals surface area contributed by atoms with E-state index in [1.165, 1.54) is 0 Å². The van der Waals surface area contributed by atoms with Crippen LogP contribution >= 0.6 is 0 Å². The summed E-state index contributed by atoms with van der Waals surface area (Å²) in [6.45, 7) is 4.55. The second-order valence-electron chi connectivity index (χ2n) is 4.21. The van der Waals surface area contributed by atoms with E-state index in [2.05, 4.69) is 15.3 Å². The summed E-state index contributed by atoms with van der Waals surface area (Å²) in [7, 11) is 0. The number of aliphatic hydroxyl groups excluding tert-OH is 1. The summed E-state index contributed by atoms with van der Waals surface area (Å²) in [5, 5.41) is 12.1. The maximum absolute atomic E-state index is 9.06. The van der Waals surface area contributed by atoms with Gasteiger partial charge >= 0.3 is 0 Å². The van der Waals surface area contributed by atoms with Gasteiger partial charge in [-0.05, 0) is 0 Å². The molecule has 0 amide bonds. The van der Waals surface area contributed by atoms with Crippen LogP contribution in [0.15, 0.2) is 6.07 Å². The van der Waals surface area contributed by atoms with E-state index in [0.29, 0.717) is 18.2 Å². The third-order valence-electron chi connectivity index (χ3n) is 1.94. The van der Waals surface area contributed by atoms with Gasteiger partial charge in [0.25, 0.3) is 0 Å². The largest absolute Gasteiger partial charge is 0.396 e. The minimum Gasteiger partial charge on any atom is -0.396 e. The molecule has 0 aromatic carbocycles. The average Bonchev–Trinajstić information content (AvgIpc) is 2.14. The van der Waals surface area contributed by atoms with Gasteiger partial charge in [0.2, 0.25) is 5.95 Å². The van der Waals surface area contributed by atoms with Crippen molar-refractivity contribution in [3.8, 4) is 0 Å². The van der Waals surface area contributed by atoms with Crippen molar-refractivity contribution in [3.63, 3.8) is 0 Å². The molecule has 1 heterocycles. The van der Waals surface area contributed by atoms with Crippen LogP contribution in [0.4, 0.5) is 17.6 Å². The average molecular weight is 211 g/mol. The summed E-state index contributed by atoms with van der Waals surface area (Å²) in [5.41, 5.74) is 10.7. The van der Waals surface area contributed by atoms with Crippen molar-refractivity contribution in [2.45, 2.75) is 13.8 Å². The van der Waals surface area contributed by atoms with E-state index in [1.807, 2.05) is 13.8 Å². The number of nitrogen functional groups attached to an aromatic ring is 2. The Morgan fingerprint density at radius 3 is 2.60 bits per heavy atom. The molecule has 1 aromatic rings. The molecule has 84 valence electrons. The van der Waals surface area contributed by atoms with Crippen LogP contribution in [0.3, 0.4) is 0 Å². The molecule has 0 atom stereocenters. The maximum Gasteiger partial charge on any atom is 0.223 e. The van der Waals surface area contributed by atoms with Gasteiger partial charge in [-0.25, -0.2) is 0 Å². The standard InChI is InChI=1S/C9H17N5O/c1-9(2,5-15)4-12-7-3-6(10)13-8(11)14-7/h3,15H,4-5H2,1-2H3,(H5,10,11,12,13,14). The van der Waals surface area contributed by atoms with Crippen LogP contribution in [0.2, 0.25) is 0 Å². The van der Waals surface area contributed by atoms with Crippen molar-refractivity contribution in [1.29, 1.82) is 0 Å². The Bertz CT molecular complexity index is 319. The first-order chi connectivity index (χ1) is 6.93. The predicted molar refractivity (Wildman–Crippen MR) is 60.2 cm³/mol. The number of rotatable bonds is 4. The van der Waals surface area contributed by atoms with E-state index < -0.39 is 0 Å². The monoisotopic (exact) mass is 211 g/mol. The molecular weight excluding hydrogens is 194 g/mol. The molecule has 0 saturated heterocycles. The van der Waals surface area contributed by atoms with Crippen molar-refractivity contribution >= 4 is 17.6 Å². The molecule has 0 fully saturated rings. The van der Waals surface area contributed by atoms with Crippen LogP contribution in [0.1, 0.15) is 13.8 Å². The van der Waals surface area contributed by atoms with Gasteiger partial charge < -0.3 is 21.9 Å². The molecule has 0 saturated carbocycles. The van der Waals surface area contributed by atoms with Crippen LogP contribution in [-0.2, 0) is 0 Å². The number of nitrogens with zero attached hydrogens (tertiary/aromatic N) is 2. The second kappa shape index (κ2) is 4.31. The zero-order valence-corrected chi connectivity index (χ0v) is 8.99. The first kappa shape index (κ1) is 11.5. The number of nitrogens with two attached hydrogens (primary N) is 2. The second-order valence-corrected chi connectivity index (χ2v) is 4.21. The predicted octanol–water partition coefficient (Wildman–Crippen LogP) is 0.0714. The zero-order chi connectivity index (χ0) is 11.5. The van der Waals surface area contributed by atoms with Crippen molar-refractivity contribution < 1.29 is 5.11 Å². The lowest BCUT2D eigenvalue weighted by atomic mass is 9.95. The Morgan fingerprint density at radius 1 is 1.40 bits per heavy atom. The van der Waals surface area contributed by atoms with Crippen LogP contribution < -0.4 is 16.8 Å². The molecule has 0 radical (unpaired) electrons. The van der Waals surface area contributed by atoms with E-state index in [0.717, 1.165) is 0 Å². The van der Waals surface area contributed by atoms with Crippen LogP contribution in [0.25, 0.3) is 0 Å². The highest BCUT2D eigenvalue weighted by Gasteiger charge is 2.16. The summed E-state index contributed by atoms with van der Waals surface area (Å²) < 4.78 is 0. The molecule has 0 bridgehead atoms. The Balaban J connectivity index is 2.65. The Labute approximate surface area is 88.7 Å². The lowest BCUT2D eigenvalue weighted by molar-refractivity contribution is 0.170. The fourth-order valence-electron chi connectivity index (χ4n) is 0.962. The molecule has 6 nitrogen and oxygen atoms in total. The van der Waals surface area contributed by atoms with Crippen molar-refractivity contribution in [2.24, 2.45) is 5.41 Å². The van der Waals surface area contributed by atoms with E-state index >= 15 is 0 Å². The quantitative estimate of drug-likeness (QED) is 0.561. The van der Waals surface area contributed by atoms with Crippen LogP contribution in [0.5, 0.6) is 0 Å². The van der Waals surface area contributed by atoms with E-state index in [4.69, 9.17) is 16.6 Å². The normalized spacial score (nSPS) is 11.4. The van der Waals surface area contributed by atoms with Crippen LogP contribution in [0, 0.1) is 5.41 Å². The lowest BCUT2D eigenvalue weighted by Gasteiger charge is -2.22. The molecule has 15 heavy (non-hydrogen) atoms. The summed E-state index contributed by atoms with van der Waals surface area (Å²) in [6.07, 6.45) is 0. The molecule has 6 heteroatoms.